The van der Waals surface area contributed by atoms with Gasteiger partial charge in [-0.25, -0.2) is 0 Å². The van der Waals surface area contributed by atoms with Crippen LogP contribution in [-0.4, -0.2) is 27.1 Å². The number of fused-ring (bicyclic) bond motifs is 2. The molecule has 0 radical (unpaired) electrons. The summed E-state index contributed by atoms with van der Waals surface area (Å²) in [4.78, 5) is 12.1. The van der Waals surface area contributed by atoms with Crippen molar-refractivity contribution in [1.82, 2.24) is 10.5 Å². The zero-order valence-corrected chi connectivity index (χ0v) is 14.0. The molecule has 0 aliphatic heterocycles. The van der Waals surface area contributed by atoms with Crippen molar-refractivity contribution in [2.75, 3.05) is 5.75 Å². The fourth-order valence-electron chi connectivity index (χ4n) is 4.16. The molecule has 22 heavy (non-hydrogen) atoms. The van der Waals surface area contributed by atoms with Crippen molar-refractivity contribution in [1.29, 1.82) is 0 Å². The lowest BCUT2D eigenvalue weighted by molar-refractivity contribution is -0.119. The molecule has 2 fully saturated rings. The molecule has 122 valence electrons. The first kappa shape index (κ1) is 15.7. The number of carbonyl (C=O) groups excluding carboxylic acids is 1. The van der Waals surface area contributed by atoms with Gasteiger partial charge >= 0.3 is 0 Å². The number of rotatable bonds is 6. The molecule has 1 N–H and O–H groups in total. The average Bonchev–Trinajstić information content (AvgIpc) is 3.15. The van der Waals surface area contributed by atoms with Crippen molar-refractivity contribution in [3.63, 3.8) is 0 Å². The second-order valence-corrected chi connectivity index (χ2v) is 8.31. The van der Waals surface area contributed by atoms with Gasteiger partial charge in [0.25, 0.3) is 0 Å². The fraction of sp³-hybridized carbons (Fsp3) is 0.750. The van der Waals surface area contributed by atoms with E-state index in [1.165, 1.54) is 25.7 Å². The second kappa shape index (κ2) is 6.52. The topological polar surface area (TPSA) is 72.2 Å². The molecule has 5 nitrogen and oxygen atoms in total. The molecular weight excluding hydrogens is 300 g/mol. The largest absolute Gasteiger partial charge is 0.361 e. The van der Waals surface area contributed by atoms with E-state index in [2.05, 4.69) is 17.4 Å². The van der Waals surface area contributed by atoms with E-state index in [1.807, 2.05) is 0 Å². The molecule has 2 saturated carbocycles. The van der Waals surface area contributed by atoms with Gasteiger partial charge in [-0.1, -0.05) is 11.6 Å². The van der Waals surface area contributed by atoms with Crippen LogP contribution < -0.4 is 5.32 Å². The summed E-state index contributed by atoms with van der Waals surface area (Å²) < 4.78 is 17.0. The maximum atomic E-state index is 12.1. The molecule has 1 heterocycles. The smallest absolute Gasteiger partial charge is 0.232 e. The van der Waals surface area contributed by atoms with Crippen molar-refractivity contribution in [3.8, 4) is 0 Å². The number of aromatic nitrogens is 1. The van der Waals surface area contributed by atoms with Crippen molar-refractivity contribution >= 4 is 16.7 Å². The number of nitrogens with zero attached hydrogens (tertiary/aromatic N) is 1. The quantitative estimate of drug-likeness (QED) is 0.870. The van der Waals surface area contributed by atoms with Crippen molar-refractivity contribution in [2.45, 2.75) is 51.3 Å². The zero-order valence-electron chi connectivity index (χ0n) is 13.2. The molecule has 5 atom stereocenters. The molecule has 0 aromatic carbocycles. The Labute approximate surface area is 133 Å². The van der Waals surface area contributed by atoms with Crippen LogP contribution >= 0.6 is 0 Å². The molecular formula is C16H24N2O3S. The highest BCUT2D eigenvalue weighted by Gasteiger charge is 2.42. The number of carbonyl (C=O) groups is 1. The van der Waals surface area contributed by atoms with Crippen LogP contribution in [0.4, 0.5) is 0 Å². The summed E-state index contributed by atoms with van der Waals surface area (Å²) in [5.74, 6) is 3.15. The van der Waals surface area contributed by atoms with E-state index >= 15 is 0 Å². The summed E-state index contributed by atoms with van der Waals surface area (Å²) in [6.07, 6.45) is 5.26. The minimum Gasteiger partial charge on any atom is -0.361 e. The molecule has 2 bridgehead atoms. The predicted molar refractivity (Wildman–Crippen MR) is 84.5 cm³/mol. The minimum absolute atomic E-state index is 0.0388. The molecule has 0 unspecified atom stereocenters. The van der Waals surface area contributed by atoms with Crippen LogP contribution in [0.15, 0.2) is 10.6 Å². The zero-order chi connectivity index (χ0) is 15.7. The maximum Gasteiger partial charge on any atom is 0.232 e. The second-order valence-electron chi connectivity index (χ2n) is 6.85. The highest BCUT2D eigenvalue weighted by Crippen LogP contribution is 2.49. The van der Waals surface area contributed by atoms with Crippen LogP contribution in [0.2, 0.25) is 0 Å². The van der Waals surface area contributed by atoms with E-state index in [4.69, 9.17) is 4.52 Å². The Kier molecular flexibility index (Phi) is 4.66. The van der Waals surface area contributed by atoms with E-state index in [-0.39, 0.29) is 23.5 Å². The van der Waals surface area contributed by atoms with Gasteiger partial charge in [0, 0.05) is 22.9 Å². The predicted octanol–water partition coefficient (Wildman–Crippen LogP) is 2.17. The van der Waals surface area contributed by atoms with Crippen LogP contribution in [0.3, 0.4) is 0 Å². The van der Waals surface area contributed by atoms with E-state index in [9.17, 15) is 9.00 Å². The summed E-state index contributed by atoms with van der Waals surface area (Å²) in [6.45, 7) is 3.89. The number of hydrogen-bond acceptors (Lipinski definition) is 4. The van der Waals surface area contributed by atoms with Gasteiger partial charge in [-0.2, -0.15) is 0 Å². The third kappa shape index (κ3) is 3.59. The number of nitrogens with one attached hydrogen (secondary N) is 1. The summed E-state index contributed by atoms with van der Waals surface area (Å²) in [5, 5.41) is 6.87. The van der Waals surface area contributed by atoms with Crippen LogP contribution in [0.5, 0.6) is 0 Å². The third-order valence-corrected chi connectivity index (χ3v) is 6.30. The van der Waals surface area contributed by atoms with E-state index in [1.54, 1.807) is 13.0 Å². The molecule has 1 amide bonds. The SMILES string of the molecule is Cc1cc(C[S@](=O)CC(=O)N[C@H](C)[C@H]2C[C@H]3CC[C@H]2C3)no1. The Morgan fingerprint density at radius 2 is 2.32 bits per heavy atom. The molecule has 0 spiro atoms. The average molecular weight is 324 g/mol. The Morgan fingerprint density at radius 3 is 2.91 bits per heavy atom. The highest BCUT2D eigenvalue weighted by molar-refractivity contribution is 7.84. The van der Waals surface area contributed by atoms with Crippen LogP contribution in [0.1, 0.15) is 44.1 Å². The van der Waals surface area contributed by atoms with Gasteiger partial charge < -0.3 is 9.84 Å². The van der Waals surface area contributed by atoms with Crippen LogP contribution in [-0.2, 0) is 21.3 Å². The lowest BCUT2D eigenvalue weighted by Gasteiger charge is -2.28. The van der Waals surface area contributed by atoms with Gasteiger partial charge in [-0.3, -0.25) is 9.00 Å². The van der Waals surface area contributed by atoms with Crippen molar-refractivity contribution < 1.29 is 13.5 Å². The first-order valence-corrected chi connectivity index (χ1v) is 9.56. The number of amides is 1. The summed E-state index contributed by atoms with van der Waals surface area (Å²) in [6, 6.07) is 1.95. The van der Waals surface area contributed by atoms with E-state index in [0.717, 1.165) is 11.8 Å². The normalized spacial score (nSPS) is 29.5. The van der Waals surface area contributed by atoms with Gasteiger partial charge in [-0.05, 0) is 50.9 Å². The van der Waals surface area contributed by atoms with Crippen LogP contribution in [0.25, 0.3) is 0 Å². The Bertz CT molecular complexity index is 571. The molecule has 6 heteroatoms. The lowest BCUT2D eigenvalue weighted by Crippen LogP contribution is -2.42. The Morgan fingerprint density at radius 1 is 1.50 bits per heavy atom. The molecule has 1 aromatic rings. The standard InChI is InChI=1S/C16H24N2O3S/c1-10-5-14(18-21-10)8-22(20)9-16(19)17-11(2)15-7-12-3-4-13(15)6-12/h5,11-13,15H,3-4,6-9H2,1-2H3,(H,17,19)/t11-,12+,13+,15-,22+/m1/s1. The molecule has 3 rings (SSSR count). The number of aryl methyl sites for hydroxylation is 1. The summed E-state index contributed by atoms with van der Waals surface area (Å²) in [7, 11) is -1.24. The summed E-state index contributed by atoms with van der Waals surface area (Å²) >= 11 is 0. The molecule has 2 aliphatic rings. The molecule has 1 aromatic heterocycles. The van der Waals surface area contributed by atoms with E-state index < -0.39 is 10.8 Å². The first-order chi connectivity index (χ1) is 10.5. The monoisotopic (exact) mass is 324 g/mol. The first-order valence-electron chi connectivity index (χ1n) is 8.08. The summed E-state index contributed by atoms with van der Waals surface area (Å²) in [5.41, 5.74) is 0.643. The van der Waals surface area contributed by atoms with Gasteiger partial charge in [0.1, 0.15) is 11.5 Å². The van der Waals surface area contributed by atoms with Gasteiger partial charge in [0.2, 0.25) is 5.91 Å². The van der Waals surface area contributed by atoms with Crippen LogP contribution in [0, 0.1) is 24.7 Å². The lowest BCUT2D eigenvalue weighted by atomic mass is 9.84. The minimum atomic E-state index is -1.24. The highest BCUT2D eigenvalue weighted by atomic mass is 32.2. The number of hydrogen-bond donors (Lipinski definition) is 1. The van der Waals surface area contributed by atoms with Crippen molar-refractivity contribution in [3.05, 3.63) is 17.5 Å². The fourth-order valence-corrected chi connectivity index (χ4v) is 5.10. The maximum absolute atomic E-state index is 12.1. The van der Waals surface area contributed by atoms with Gasteiger partial charge in [0.05, 0.1) is 11.4 Å². The van der Waals surface area contributed by atoms with Crippen molar-refractivity contribution in [2.24, 2.45) is 17.8 Å². The van der Waals surface area contributed by atoms with E-state index in [0.29, 0.717) is 17.4 Å². The Hall–Kier alpha value is -1.17. The van der Waals surface area contributed by atoms with Gasteiger partial charge in [0.15, 0.2) is 0 Å². The molecule has 2 aliphatic carbocycles. The van der Waals surface area contributed by atoms with Gasteiger partial charge in [-0.15, -0.1) is 0 Å². The molecule has 0 saturated heterocycles. The Balaban J connectivity index is 1.44. The third-order valence-electron chi connectivity index (χ3n) is 5.10.